The summed E-state index contributed by atoms with van der Waals surface area (Å²) in [6.45, 7) is 5.65. The minimum Gasteiger partial charge on any atom is -0.369 e. The summed E-state index contributed by atoms with van der Waals surface area (Å²) in [6.07, 6.45) is 5.30. The number of nitrogens with zero attached hydrogens (tertiary/aromatic N) is 2. The Kier molecular flexibility index (Phi) is 5.99. The zero-order chi connectivity index (χ0) is 15.2. The SMILES string of the molecule is CC(C(=O)N1CCCCC1)N(CC(N)=O)C1CCNCC1. The van der Waals surface area contributed by atoms with Crippen molar-refractivity contribution < 1.29 is 9.59 Å². The summed E-state index contributed by atoms with van der Waals surface area (Å²) in [7, 11) is 0. The van der Waals surface area contributed by atoms with Crippen molar-refractivity contribution in [3.63, 3.8) is 0 Å². The highest BCUT2D eigenvalue weighted by Gasteiger charge is 2.32. The third-order valence-corrected chi connectivity index (χ3v) is 4.64. The number of likely N-dealkylation sites (tertiary alicyclic amines) is 1. The van der Waals surface area contributed by atoms with Crippen LogP contribution in [-0.4, -0.2) is 66.4 Å². The van der Waals surface area contributed by atoms with Crippen molar-refractivity contribution in [1.29, 1.82) is 0 Å². The molecule has 0 aromatic carbocycles. The van der Waals surface area contributed by atoms with Gasteiger partial charge in [-0.3, -0.25) is 14.5 Å². The molecule has 120 valence electrons. The maximum atomic E-state index is 12.7. The number of nitrogens with one attached hydrogen (secondary N) is 1. The fourth-order valence-electron chi connectivity index (χ4n) is 3.42. The summed E-state index contributed by atoms with van der Waals surface area (Å²) >= 11 is 0. The van der Waals surface area contributed by atoms with Crippen LogP contribution >= 0.6 is 0 Å². The van der Waals surface area contributed by atoms with Gasteiger partial charge in [0.2, 0.25) is 11.8 Å². The Morgan fingerprint density at radius 1 is 1.24 bits per heavy atom. The van der Waals surface area contributed by atoms with Crippen molar-refractivity contribution in [1.82, 2.24) is 15.1 Å². The Balaban J connectivity index is 2.02. The minimum absolute atomic E-state index is 0.148. The molecule has 2 fully saturated rings. The molecule has 2 heterocycles. The van der Waals surface area contributed by atoms with Gasteiger partial charge in [0.15, 0.2) is 0 Å². The van der Waals surface area contributed by atoms with E-state index in [-0.39, 0.29) is 30.4 Å². The lowest BCUT2D eigenvalue weighted by Crippen LogP contribution is -2.56. The van der Waals surface area contributed by atoms with Gasteiger partial charge in [0.1, 0.15) is 0 Å². The molecule has 2 aliphatic rings. The van der Waals surface area contributed by atoms with Crippen LogP contribution in [0.1, 0.15) is 39.0 Å². The van der Waals surface area contributed by atoms with E-state index < -0.39 is 0 Å². The van der Waals surface area contributed by atoms with Crippen molar-refractivity contribution in [3.05, 3.63) is 0 Å². The number of primary amides is 1. The van der Waals surface area contributed by atoms with E-state index in [9.17, 15) is 9.59 Å². The number of piperidine rings is 2. The van der Waals surface area contributed by atoms with E-state index in [4.69, 9.17) is 5.73 Å². The standard InChI is InChI=1S/C15H28N4O2/c1-12(15(21)18-9-3-2-4-10-18)19(11-14(16)20)13-5-7-17-8-6-13/h12-13,17H,2-11H2,1H3,(H2,16,20). The molecular weight excluding hydrogens is 268 g/mol. The second-order valence-corrected chi connectivity index (χ2v) is 6.18. The van der Waals surface area contributed by atoms with Gasteiger partial charge in [-0.2, -0.15) is 0 Å². The molecule has 21 heavy (non-hydrogen) atoms. The lowest BCUT2D eigenvalue weighted by Gasteiger charge is -2.39. The van der Waals surface area contributed by atoms with Gasteiger partial charge in [-0.15, -0.1) is 0 Å². The lowest BCUT2D eigenvalue weighted by atomic mass is 10.0. The summed E-state index contributed by atoms with van der Waals surface area (Å²) in [6, 6.07) is 0.00110. The van der Waals surface area contributed by atoms with Crippen molar-refractivity contribution in [3.8, 4) is 0 Å². The predicted octanol–water partition coefficient (Wildman–Crippen LogP) is -0.0733. The van der Waals surface area contributed by atoms with Gasteiger partial charge in [0, 0.05) is 19.1 Å². The van der Waals surface area contributed by atoms with E-state index in [1.807, 2.05) is 16.7 Å². The van der Waals surface area contributed by atoms with Crippen LogP contribution in [0.4, 0.5) is 0 Å². The molecule has 0 spiro atoms. The molecule has 0 aromatic heterocycles. The Morgan fingerprint density at radius 3 is 2.43 bits per heavy atom. The molecule has 2 saturated heterocycles. The zero-order valence-electron chi connectivity index (χ0n) is 13.0. The minimum atomic E-state index is -0.355. The van der Waals surface area contributed by atoms with Gasteiger partial charge in [-0.1, -0.05) is 0 Å². The number of amides is 2. The fourth-order valence-corrected chi connectivity index (χ4v) is 3.42. The smallest absolute Gasteiger partial charge is 0.239 e. The van der Waals surface area contributed by atoms with Crippen molar-refractivity contribution in [2.75, 3.05) is 32.7 Å². The van der Waals surface area contributed by atoms with Crippen molar-refractivity contribution in [2.24, 2.45) is 5.73 Å². The second kappa shape index (κ2) is 7.75. The van der Waals surface area contributed by atoms with Crippen LogP contribution in [0.3, 0.4) is 0 Å². The quantitative estimate of drug-likeness (QED) is 0.744. The van der Waals surface area contributed by atoms with Gasteiger partial charge in [0.25, 0.3) is 0 Å². The Bertz CT molecular complexity index is 363. The molecule has 2 aliphatic heterocycles. The van der Waals surface area contributed by atoms with Gasteiger partial charge in [-0.05, 0) is 52.1 Å². The molecule has 6 heteroatoms. The number of carbonyl (C=O) groups is 2. The fraction of sp³-hybridized carbons (Fsp3) is 0.867. The lowest BCUT2D eigenvalue weighted by molar-refractivity contribution is -0.139. The normalized spacial score (nSPS) is 22.3. The average molecular weight is 296 g/mol. The van der Waals surface area contributed by atoms with Gasteiger partial charge >= 0.3 is 0 Å². The summed E-state index contributed by atoms with van der Waals surface area (Å²) < 4.78 is 0. The Hall–Kier alpha value is -1.14. The van der Waals surface area contributed by atoms with Crippen LogP contribution in [0, 0.1) is 0 Å². The predicted molar refractivity (Wildman–Crippen MR) is 81.7 cm³/mol. The van der Waals surface area contributed by atoms with E-state index in [1.54, 1.807) is 0 Å². The van der Waals surface area contributed by atoms with Crippen LogP contribution in [0.5, 0.6) is 0 Å². The van der Waals surface area contributed by atoms with Gasteiger partial charge in [0.05, 0.1) is 12.6 Å². The van der Waals surface area contributed by atoms with Crippen LogP contribution in [-0.2, 0) is 9.59 Å². The molecule has 0 bridgehead atoms. The van der Waals surface area contributed by atoms with Gasteiger partial charge < -0.3 is 16.0 Å². The monoisotopic (exact) mass is 296 g/mol. The van der Waals surface area contributed by atoms with E-state index in [1.165, 1.54) is 6.42 Å². The molecular formula is C15H28N4O2. The van der Waals surface area contributed by atoms with E-state index in [2.05, 4.69) is 5.32 Å². The maximum absolute atomic E-state index is 12.7. The highest BCUT2D eigenvalue weighted by molar-refractivity contribution is 5.83. The van der Waals surface area contributed by atoms with E-state index in [0.717, 1.165) is 51.9 Å². The average Bonchev–Trinajstić information content (AvgIpc) is 2.53. The molecule has 0 aromatic rings. The van der Waals surface area contributed by atoms with Crippen LogP contribution < -0.4 is 11.1 Å². The van der Waals surface area contributed by atoms with Crippen LogP contribution in [0.2, 0.25) is 0 Å². The summed E-state index contributed by atoms with van der Waals surface area (Å²) in [5.74, 6) is -0.207. The second-order valence-electron chi connectivity index (χ2n) is 6.18. The highest BCUT2D eigenvalue weighted by atomic mass is 16.2. The molecule has 1 unspecified atom stereocenters. The van der Waals surface area contributed by atoms with E-state index >= 15 is 0 Å². The molecule has 0 radical (unpaired) electrons. The first-order valence-electron chi connectivity index (χ1n) is 8.13. The third kappa shape index (κ3) is 4.41. The first-order chi connectivity index (χ1) is 10.1. The number of nitrogens with two attached hydrogens (primary N) is 1. The summed E-state index contributed by atoms with van der Waals surface area (Å²) in [4.78, 5) is 28.0. The number of rotatable bonds is 5. The highest BCUT2D eigenvalue weighted by Crippen LogP contribution is 2.18. The molecule has 0 saturated carbocycles. The van der Waals surface area contributed by atoms with Gasteiger partial charge in [-0.25, -0.2) is 0 Å². The molecule has 3 N–H and O–H groups in total. The number of carbonyl (C=O) groups excluding carboxylic acids is 2. The van der Waals surface area contributed by atoms with Crippen molar-refractivity contribution in [2.45, 2.75) is 51.1 Å². The van der Waals surface area contributed by atoms with Crippen LogP contribution in [0.25, 0.3) is 0 Å². The topological polar surface area (TPSA) is 78.7 Å². The molecule has 2 rings (SSSR count). The number of hydrogen-bond acceptors (Lipinski definition) is 4. The third-order valence-electron chi connectivity index (χ3n) is 4.64. The largest absolute Gasteiger partial charge is 0.369 e. The molecule has 6 nitrogen and oxygen atoms in total. The first kappa shape index (κ1) is 16.2. The Labute approximate surface area is 127 Å². The number of hydrogen-bond donors (Lipinski definition) is 2. The Morgan fingerprint density at radius 2 is 1.86 bits per heavy atom. The molecule has 0 aliphatic carbocycles. The maximum Gasteiger partial charge on any atom is 0.239 e. The summed E-state index contributed by atoms with van der Waals surface area (Å²) in [5, 5.41) is 3.32. The van der Waals surface area contributed by atoms with Crippen molar-refractivity contribution >= 4 is 11.8 Å². The van der Waals surface area contributed by atoms with E-state index in [0.29, 0.717) is 0 Å². The molecule has 2 amide bonds. The zero-order valence-corrected chi connectivity index (χ0v) is 13.0. The van der Waals surface area contributed by atoms with Crippen LogP contribution in [0.15, 0.2) is 0 Å². The molecule has 1 atom stereocenters. The first-order valence-corrected chi connectivity index (χ1v) is 8.13. The summed E-state index contributed by atoms with van der Waals surface area (Å²) in [5.41, 5.74) is 5.40.